The van der Waals surface area contributed by atoms with E-state index in [0.717, 1.165) is 4.88 Å². The maximum Gasteiger partial charge on any atom is 0.255 e. The van der Waals surface area contributed by atoms with Crippen molar-refractivity contribution in [1.82, 2.24) is 5.32 Å². The first-order valence-electron chi connectivity index (χ1n) is 6.94. The van der Waals surface area contributed by atoms with Crippen molar-refractivity contribution in [3.05, 3.63) is 46.2 Å². The Kier molecular flexibility index (Phi) is 5.63. The Hall–Kier alpha value is -2.01. The lowest BCUT2D eigenvalue weighted by Gasteiger charge is -2.12. The predicted molar refractivity (Wildman–Crippen MR) is 84.3 cm³/mol. The standard InChI is InChI=1S/C16H19NO3S/c1-3-19-12-7-8-14(15(10-12)20-4-2)16(18)17-11-13-6-5-9-21-13/h5-10H,3-4,11H2,1-2H3,(H,17,18). The fraction of sp³-hybridized carbons (Fsp3) is 0.312. The van der Waals surface area contributed by atoms with Gasteiger partial charge < -0.3 is 14.8 Å². The molecule has 1 N–H and O–H groups in total. The van der Waals surface area contributed by atoms with Crippen molar-refractivity contribution in [3.8, 4) is 11.5 Å². The highest BCUT2D eigenvalue weighted by Crippen LogP contribution is 2.25. The lowest BCUT2D eigenvalue weighted by Crippen LogP contribution is -2.23. The fourth-order valence-electron chi connectivity index (χ4n) is 1.90. The summed E-state index contributed by atoms with van der Waals surface area (Å²) in [5.41, 5.74) is 0.525. The molecule has 2 rings (SSSR count). The molecule has 0 radical (unpaired) electrons. The van der Waals surface area contributed by atoms with E-state index in [0.29, 0.717) is 36.8 Å². The van der Waals surface area contributed by atoms with Crippen LogP contribution in [0.5, 0.6) is 11.5 Å². The van der Waals surface area contributed by atoms with Crippen LogP contribution in [0.2, 0.25) is 0 Å². The average molecular weight is 305 g/mol. The van der Waals surface area contributed by atoms with Gasteiger partial charge in [-0.2, -0.15) is 0 Å². The van der Waals surface area contributed by atoms with Crippen molar-refractivity contribution in [1.29, 1.82) is 0 Å². The zero-order valence-electron chi connectivity index (χ0n) is 12.2. The summed E-state index contributed by atoms with van der Waals surface area (Å²) >= 11 is 1.62. The number of ether oxygens (including phenoxy) is 2. The number of benzene rings is 1. The lowest BCUT2D eigenvalue weighted by atomic mass is 10.1. The molecule has 0 bridgehead atoms. The second-order valence-electron chi connectivity index (χ2n) is 4.29. The van der Waals surface area contributed by atoms with Crippen LogP contribution in [0.4, 0.5) is 0 Å². The van der Waals surface area contributed by atoms with E-state index in [9.17, 15) is 4.79 Å². The number of thiophene rings is 1. The van der Waals surface area contributed by atoms with Gasteiger partial charge in [-0.05, 0) is 37.4 Å². The smallest absolute Gasteiger partial charge is 0.255 e. The quantitative estimate of drug-likeness (QED) is 0.852. The Morgan fingerprint density at radius 1 is 1.19 bits per heavy atom. The Labute approximate surface area is 128 Å². The van der Waals surface area contributed by atoms with Crippen LogP contribution in [0.15, 0.2) is 35.7 Å². The zero-order chi connectivity index (χ0) is 15.1. The van der Waals surface area contributed by atoms with Crippen molar-refractivity contribution in [2.24, 2.45) is 0 Å². The number of hydrogen-bond donors (Lipinski definition) is 1. The first-order chi connectivity index (χ1) is 10.2. The summed E-state index contributed by atoms with van der Waals surface area (Å²) in [5, 5.41) is 4.89. The molecule has 0 atom stereocenters. The molecule has 0 aliphatic carbocycles. The molecular formula is C16H19NO3S. The Morgan fingerprint density at radius 3 is 2.67 bits per heavy atom. The molecule has 0 fully saturated rings. The van der Waals surface area contributed by atoms with Crippen molar-refractivity contribution >= 4 is 17.2 Å². The lowest BCUT2D eigenvalue weighted by molar-refractivity contribution is 0.0947. The Morgan fingerprint density at radius 2 is 2.00 bits per heavy atom. The van der Waals surface area contributed by atoms with Crippen LogP contribution in [0.25, 0.3) is 0 Å². The van der Waals surface area contributed by atoms with Crippen LogP contribution >= 0.6 is 11.3 Å². The van der Waals surface area contributed by atoms with E-state index in [-0.39, 0.29) is 5.91 Å². The fourth-order valence-corrected chi connectivity index (χ4v) is 2.54. The SMILES string of the molecule is CCOc1ccc(C(=O)NCc2cccs2)c(OCC)c1. The minimum atomic E-state index is -0.144. The van der Waals surface area contributed by atoms with Gasteiger partial charge in [-0.15, -0.1) is 11.3 Å². The number of carbonyl (C=O) groups excluding carboxylic acids is 1. The van der Waals surface area contributed by atoms with Crippen LogP contribution in [0, 0.1) is 0 Å². The molecule has 1 amide bonds. The summed E-state index contributed by atoms with van der Waals surface area (Å²) in [6, 6.07) is 9.24. The first-order valence-corrected chi connectivity index (χ1v) is 7.82. The van der Waals surface area contributed by atoms with E-state index in [2.05, 4.69) is 5.32 Å². The predicted octanol–water partition coefficient (Wildman–Crippen LogP) is 3.48. The largest absolute Gasteiger partial charge is 0.494 e. The van der Waals surface area contributed by atoms with Crippen LogP contribution < -0.4 is 14.8 Å². The van der Waals surface area contributed by atoms with Crippen LogP contribution in [0.1, 0.15) is 29.1 Å². The molecule has 0 saturated carbocycles. The molecule has 1 aromatic heterocycles. The van der Waals surface area contributed by atoms with Gasteiger partial charge in [0.05, 0.1) is 25.3 Å². The van der Waals surface area contributed by atoms with E-state index in [1.54, 1.807) is 29.5 Å². The summed E-state index contributed by atoms with van der Waals surface area (Å²) in [6.45, 7) is 5.41. The molecular weight excluding hydrogens is 286 g/mol. The van der Waals surface area contributed by atoms with Gasteiger partial charge in [0.25, 0.3) is 5.91 Å². The van der Waals surface area contributed by atoms with Gasteiger partial charge in [0, 0.05) is 10.9 Å². The van der Waals surface area contributed by atoms with E-state index in [4.69, 9.17) is 9.47 Å². The summed E-state index contributed by atoms with van der Waals surface area (Å²) in [5.74, 6) is 1.11. The van der Waals surface area contributed by atoms with Gasteiger partial charge in [0.2, 0.25) is 0 Å². The molecule has 1 aromatic carbocycles. The number of hydrogen-bond acceptors (Lipinski definition) is 4. The van der Waals surface area contributed by atoms with Crippen molar-refractivity contribution in [2.75, 3.05) is 13.2 Å². The number of nitrogens with one attached hydrogen (secondary N) is 1. The minimum Gasteiger partial charge on any atom is -0.494 e. The maximum atomic E-state index is 12.3. The summed E-state index contributed by atoms with van der Waals surface area (Å²) in [7, 11) is 0. The zero-order valence-corrected chi connectivity index (χ0v) is 13.0. The third-order valence-corrected chi connectivity index (χ3v) is 3.69. The van der Waals surface area contributed by atoms with Crippen molar-refractivity contribution in [2.45, 2.75) is 20.4 Å². The van der Waals surface area contributed by atoms with E-state index < -0.39 is 0 Å². The van der Waals surface area contributed by atoms with Gasteiger partial charge in [-0.3, -0.25) is 4.79 Å². The summed E-state index contributed by atoms with van der Waals surface area (Å²) < 4.78 is 11.0. The molecule has 4 nitrogen and oxygen atoms in total. The maximum absolute atomic E-state index is 12.3. The van der Waals surface area contributed by atoms with Gasteiger partial charge >= 0.3 is 0 Å². The summed E-state index contributed by atoms with van der Waals surface area (Å²) in [4.78, 5) is 13.4. The highest BCUT2D eigenvalue weighted by molar-refractivity contribution is 7.09. The van der Waals surface area contributed by atoms with Gasteiger partial charge in [-0.25, -0.2) is 0 Å². The highest BCUT2D eigenvalue weighted by atomic mass is 32.1. The highest BCUT2D eigenvalue weighted by Gasteiger charge is 2.13. The molecule has 2 aromatic rings. The average Bonchev–Trinajstić information content (AvgIpc) is 2.99. The first kappa shape index (κ1) is 15.4. The molecule has 0 unspecified atom stereocenters. The summed E-state index contributed by atoms with van der Waals surface area (Å²) in [6.07, 6.45) is 0. The van der Waals surface area contributed by atoms with E-state index in [1.165, 1.54) is 0 Å². The molecule has 112 valence electrons. The van der Waals surface area contributed by atoms with Crippen LogP contribution in [0.3, 0.4) is 0 Å². The van der Waals surface area contributed by atoms with Crippen LogP contribution in [-0.2, 0) is 6.54 Å². The second kappa shape index (κ2) is 7.69. The van der Waals surface area contributed by atoms with Crippen molar-refractivity contribution < 1.29 is 14.3 Å². The van der Waals surface area contributed by atoms with E-state index >= 15 is 0 Å². The molecule has 0 saturated heterocycles. The minimum absolute atomic E-state index is 0.144. The number of rotatable bonds is 7. The molecule has 5 heteroatoms. The Balaban J connectivity index is 2.10. The normalized spacial score (nSPS) is 10.2. The third-order valence-electron chi connectivity index (χ3n) is 2.81. The monoisotopic (exact) mass is 305 g/mol. The molecule has 0 aliphatic heterocycles. The Bertz CT molecular complexity index is 581. The molecule has 21 heavy (non-hydrogen) atoms. The molecule has 1 heterocycles. The molecule has 0 spiro atoms. The second-order valence-corrected chi connectivity index (χ2v) is 5.32. The van der Waals surface area contributed by atoms with E-state index in [1.807, 2.05) is 31.4 Å². The topological polar surface area (TPSA) is 47.6 Å². The molecule has 0 aliphatic rings. The van der Waals surface area contributed by atoms with Crippen molar-refractivity contribution in [3.63, 3.8) is 0 Å². The van der Waals surface area contributed by atoms with Crippen LogP contribution in [-0.4, -0.2) is 19.1 Å². The number of carbonyl (C=O) groups is 1. The van der Waals surface area contributed by atoms with Gasteiger partial charge in [0.15, 0.2) is 0 Å². The van der Waals surface area contributed by atoms with Gasteiger partial charge in [-0.1, -0.05) is 6.07 Å². The third kappa shape index (κ3) is 4.23. The van der Waals surface area contributed by atoms with Gasteiger partial charge in [0.1, 0.15) is 11.5 Å². The number of amides is 1.